The zero-order valence-corrected chi connectivity index (χ0v) is 16.3. The number of hydrogen-bond acceptors (Lipinski definition) is 5. The van der Waals surface area contributed by atoms with Gasteiger partial charge < -0.3 is 15.0 Å². The molecule has 0 saturated heterocycles. The van der Waals surface area contributed by atoms with E-state index in [2.05, 4.69) is 10.3 Å². The Morgan fingerprint density at radius 3 is 2.56 bits per heavy atom. The van der Waals surface area contributed by atoms with Crippen LogP contribution in [-0.2, 0) is 23.4 Å². The molecule has 1 amide bonds. The summed E-state index contributed by atoms with van der Waals surface area (Å²) in [4.78, 5) is 16.7. The normalized spacial score (nSPS) is 12.0. The first-order chi connectivity index (χ1) is 13.0. The Morgan fingerprint density at radius 1 is 1.22 bits per heavy atom. The summed E-state index contributed by atoms with van der Waals surface area (Å²) >= 11 is 5.54. The molecule has 9 heteroatoms. The number of thiazole rings is 1. The first kappa shape index (κ1) is 19.7. The van der Waals surface area contributed by atoms with Crippen molar-refractivity contribution in [2.24, 2.45) is 0 Å². The summed E-state index contributed by atoms with van der Waals surface area (Å²) in [5, 5.41) is 14.6. The minimum Gasteiger partial charge on any atom is -0.389 e. The van der Waals surface area contributed by atoms with Crippen LogP contribution >= 0.6 is 22.9 Å². The Bertz CT molecular complexity index is 989. The number of rotatable bonds is 6. The van der Waals surface area contributed by atoms with E-state index in [1.54, 1.807) is 18.2 Å². The molecule has 1 aromatic heterocycles. The van der Waals surface area contributed by atoms with Crippen LogP contribution in [0.5, 0.6) is 0 Å². The minimum atomic E-state index is -1.97. The van der Waals surface area contributed by atoms with E-state index in [-0.39, 0.29) is 28.9 Å². The van der Waals surface area contributed by atoms with Gasteiger partial charge in [0.2, 0.25) is 0 Å². The summed E-state index contributed by atoms with van der Waals surface area (Å²) in [5.41, 5.74) is 3.09. The number of carbonyl (C=O) groups is 1. The van der Waals surface area contributed by atoms with Gasteiger partial charge in [0, 0.05) is 16.6 Å². The fourth-order valence-corrected chi connectivity index (χ4v) is 3.83. The van der Waals surface area contributed by atoms with Gasteiger partial charge in [-0.05, 0) is 29.8 Å². The summed E-state index contributed by atoms with van der Waals surface area (Å²) in [6, 6.07) is 11.8. The molecule has 1 unspecified atom stereocenters. The maximum Gasteiger partial charge on any atom is 0.257 e. The summed E-state index contributed by atoms with van der Waals surface area (Å²) in [5.74, 6) is -0.418. The third-order valence-corrected chi connectivity index (χ3v) is 5.42. The van der Waals surface area contributed by atoms with Crippen molar-refractivity contribution >= 4 is 45.6 Å². The number of amides is 1. The fraction of sp³-hybridized carbons (Fsp3) is 0.111. The Labute approximate surface area is 167 Å². The van der Waals surface area contributed by atoms with Gasteiger partial charge in [0.05, 0.1) is 28.6 Å². The standard InChI is InChI=1S/C18H15ClN2O4S2/c19-15-7-11(10-27(24)25)1-6-14(15)18(23)20-13-4-2-12(3-5-13)16-9-26-17(8-22)21-16/h1-7,9,22H,8,10H2,(H,20,23)(H,24,25). The number of nitrogens with one attached hydrogen (secondary N) is 1. The SMILES string of the molecule is O=C(Nc1ccc(-c2csc(CO)n2)cc1)c1ccc(CS(=O)O)cc1Cl. The topological polar surface area (TPSA) is 99.5 Å². The summed E-state index contributed by atoms with van der Waals surface area (Å²) < 4.78 is 19.8. The molecule has 6 nitrogen and oxygen atoms in total. The van der Waals surface area contributed by atoms with Crippen molar-refractivity contribution in [3.63, 3.8) is 0 Å². The van der Waals surface area contributed by atoms with Gasteiger partial charge in [0.15, 0.2) is 11.1 Å². The Morgan fingerprint density at radius 2 is 1.96 bits per heavy atom. The van der Waals surface area contributed by atoms with Gasteiger partial charge in [0.25, 0.3) is 5.91 Å². The highest BCUT2D eigenvalue weighted by Gasteiger charge is 2.12. The van der Waals surface area contributed by atoms with E-state index in [1.165, 1.54) is 23.5 Å². The highest BCUT2D eigenvalue weighted by molar-refractivity contribution is 7.78. The number of benzene rings is 2. The van der Waals surface area contributed by atoms with E-state index < -0.39 is 11.1 Å². The second-order valence-electron chi connectivity index (χ2n) is 5.60. The van der Waals surface area contributed by atoms with Crippen molar-refractivity contribution in [1.82, 2.24) is 4.98 Å². The summed E-state index contributed by atoms with van der Waals surface area (Å²) in [6.07, 6.45) is 0. The third kappa shape index (κ3) is 5.00. The number of hydrogen-bond donors (Lipinski definition) is 3. The lowest BCUT2D eigenvalue weighted by Crippen LogP contribution is -2.12. The summed E-state index contributed by atoms with van der Waals surface area (Å²) in [7, 11) is 0. The smallest absolute Gasteiger partial charge is 0.257 e. The van der Waals surface area contributed by atoms with Crippen LogP contribution in [0, 0.1) is 0 Å². The van der Waals surface area contributed by atoms with Crippen LogP contribution in [0.1, 0.15) is 20.9 Å². The predicted molar refractivity (Wildman–Crippen MR) is 107 cm³/mol. The molecule has 140 valence electrons. The van der Waals surface area contributed by atoms with Crippen molar-refractivity contribution in [1.29, 1.82) is 0 Å². The molecular weight excluding hydrogens is 408 g/mol. The molecule has 0 aliphatic rings. The maximum absolute atomic E-state index is 12.4. The molecule has 0 spiro atoms. The van der Waals surface area contributed by atoms with Crippen molar-refractivity contribution in [3.8, 4) is 11.3 Å². The highest BCUT2D eigenvalue weighted by Crippen LogP contribution is 2.25. The summed E-state index contributed by atoms with van der Waals surface area (Å²) in [6.45, 7) is -0.0907. The number of aliphatic hydroxyl groups excluding tert-OH is 1. The number of anilines is 1. The van der Waals surface area contributed by atoms with Crippen LogP contribution in [0.15, 0.2) is 47.8 Å². The van der Waals surface area contributed by atoms with Gasteiger partial charge >= 0.3 is 0 Å². The largest absolute Gasteiger partial charge is 0.389 e. The molecule has 2 aromatic carbocycles. The van der Waals surface area contributed by atoms with Crippen LogP contribution in [0.4, 0.5) is 5.69 Å². The number of aromatic nitrogens is 1. The quantitative estimate of drug-likeness (QED) is 0.522. The second-order valence-corrected chi connectivity index (χ2v) is 7.88. The van der Waals surface area contributed by atoms with Crippen molar-refractivity contribution in [2.45, 2.75) is 12.4 Å². The van der Waals surface area contributed by atoms with E-state index in [4.69, 9.17) is 21.3 Å². The van der Waals surface area contributed by atoms with Gasteiger partial charge in [-0.15, -0.1) is 11.3 Å². The molecule has 0 fully saturated rings. The van der Waals surface area contributed by atoms with Crippen molar-refractivity contribution < 1.29 is 18.7 Å². The van der Waals surface area contributed by atoms with Crippen LogP contribution in [-0.4, -0.2) is 24.8 Å². The van der Waals surface area contributed by atoms with Crippen LogP contribution in [0.3, 0.4) is 0 Å². The first-order valence-electron chi connectivity index (χ1n) is 7.79. The second kappa shape index (κ2) is 8.73. The zero-order valence-electron chi connectivity index (χ0n) is 13.9. The maximum atomic E-state index is 12.4. The molecular formula is C18H15ClN2O4S2. The number of halogens is 1. The van der Waals surface area contributed by atoms with E-state index in [0.717, 1.165) is 11.3 Å². The minimum absolute atomic E-state index is 0.0440. The number of aliphatic hydroxyl groups is 1. The zero-order chi connectivity index (χ0) is 19.4. The van der Waals surface area contributed by atoms with Gasteiger partial charge in [0.1, 0.15) is 5.01 Å². The average Bonchev–Trinajstić information content (AvgIpc) is 3.11. The van der Waals surface area contributed by atoms with Gasteiger partial charge in [-0.2, -0.15) is 0 Å². The molecule has 1 atom stereocenters. The fourth-order valence-electron chi connectivity index (χ4n) is 2.41. The van der Waals surface area contributed by atoms with E-state index in [1.807, 2.05) is 17.5 Å². The molecule has 1 heterocycles. The number of carbonyl (C=O) groups excluding carboxylic acids is 1. The number of nitrogens with zero attached hydrogens (tertiary/aromatic N) is 1. The molecule has 27 heavy (non-hydrogen) atoms. The Balaban J connectivity index is 1.71. The molecule has 0 aliphatic heterocycles. The van der Waals surface area contributed by atoms with Crippen LogP contribution < -0.4 is 5.32 Å². The molecule has 0 bridgehead atoms. The van der Waals surface area contributed by atoms with Gasteiger partial charge in [-0.25, -0.2) is 9.19 Å². The lowest BCUT2D eigenvalue weighted by molar-refractivity contribution is 0.102. The molecule has 3 aromatic rings. The highest BCUT2D eigenvalue weighted by atomic mass is 35.5. The van der Waals surface area contributed by atoms with Crippen LogP contribution in [0.25, 0.3) is 11.3 Å². The van der Waals surface area contributed by atoms with E-state index >= 15 is 0 Å². The first-order valence-corrected chi connectivity index (χ1v) is 10.3. The Hall–Kier alpha value is -2.10. The van der Waals surface area contributed by atoms with E-state index in [0.29, 0.717) is 16.3 Å². The molecule has 0 saturated carbocycles. The van der Waals surface area contributed by atoms with Gasteiger partial charge in [-0.3, -0.25) is 4.79 Å². The molecule has 3 N–H and O–H groups in total. The van der Waals surface area contributed by atoms with Crippen LogP contribution in [0.2, 0.25) is 5.02 Å². The van der Waals surface area contributed by atoms with Gasteiger partial charge in [-0.1, -0.05) is 29.8 Å². The lowest BCUT2D eigenvalue weighted by Gasteiger charge is -2.08. The van der Waals surface area contributed by atoms with Crippen molar-refractivity contribution in [2.75, 3.05) is 5.32 Å². The van der Waals surface area contributed by atoms with Crippen molar-refractivity contribution in [3.05, 3.63) is 69.0 Å². The Kier molecular flexibility index (Phi) is 6.35. The molecule has 0 aliphatic carbocycles. The monoisotopic (exact) mass is 422 g/mol. The lowest BCUT2D eigenvalue weighted by atomic mass is 10.1. The van der Waals surface area contributed by atoms with E-state index in [9.17, 15) is 9.00 Å². The average molecular weight is 423 g/mol. The predicted octanol–water partition coefficient (Wildman–Crippen LogP) is 3.93. The molecule has 3 rings (SSSR count). The third-order valence-electron chi connectivity index (χ3n) is 3.69. The molecule has 0 radical (unpaired) electrons.